The van der Waals surface area contributed by atoms with Gasteiger partial charge in [0, 0.05) is 16.0 Å². The number of thiophene rings is 1. The molecular formula is C21H22N2S2. The second-order valence-corrected chi connectivity index (χ2v) is 8.82. The van der Waals surface area contributed by atoms with Gasteiger partial charge in [-0.15, -0.1) is 23.1 Å². The lowest BCUT2D eigenvalue weighted by molar-refractivity contribution is 0.509. The molecule has 4 heteroatoms. The smallest absolute Gasteiger partial charge is 0.128 e. The zero-order chi connectivity index (χ0) is 17.2. The van der Waals surface area contributed by atoms with Crippen LogP contribution in [0.5, 0.6) is 0 Å². The molecule has 4 rings (SSSR count). The van der Waals surface area contributed by atoms with Gasteiger partial charge in [-0.3, -0.25) is 0 Å². The predicted molar refractivity (Wildman–Crippen MR) is 110 cm³/mol. The summed E-state index contributed by atoms with van der Waals surface area (Å²) >= 11 is 3.72. The van der Waals surface area contributed by atoms with Gasteiger partial charge >= 0.3 is 0 Å². The largest absolute Gasteiger partial charge is 0.226 e. The molecule has 0 saturated heterocycles. The minimum Gasteiger partial charge on any atom is -0.226 e. The Morgan fingerprint density at radius 3 is 2.92 bits per heavy atom. The van der Waals surface area contributed by atoms with Crippen LogP contribution in [0.15, 0.2) is 41.4 Å². The number of nitrogens with zero attached hydrogens (tertiary/aromatic N) is 2. The van der Waals surface area contributed by atoms with Crippen LogP contribution < -0.4 is 0 Å². The second-order valence-electron chi connectivity index (χ2n) is 6.73. The van der Waals surface area contributed by atoms with Gasteiger partial charge in [-0.05, 0) is 43.2 Å². The highest BCUT2D eigenvalue weighted by Gasteiger charge is 2.23. The van der Waals surface area contributed by atoms with Crippen LogP contribution in [-0.4, -0.2) is 15.7 Å². The molecule has 0 amide bonds. The van der Waals surface area contributed by atoms with Crippen LogP contribution in [0.4, 0.5) is 0 Å². The van der Waals surface area contributed by atoms with Crippen LogP contribution in [0.1, 0.15) is 35.2 Å². The minimum absolute atomic E-state index is 0.791. The molecule has 25 heavy (non-hydrogen) atoms. The number of fused-ring (bicyclic) bond motifs is 3. The lowest BCUT2D eigenvalue weighted by Crippen LogP contribution is -2.08. The van der Waals surface area contributed by atoms with Gasteiger partial charge < -0.3 is 0 Å². The number of thioether (sulfide) groups is 1. The van der Waals surface area contributed by atoms with Crippen molar-refractivity contribution >= 4 is 39.4 Å². The summed E-state index contributed by atoms with van der Waals surface area (Å²) in [6.07, 6.45) is 8.07. The maximum Gasteiger partial charge on any atom is 0.128 e. The Morgan fingerprint density at radius 1 is 1.24 bits per heavy atom. The quantitative estimate of drug-likeness (QED) is 0.423. The molecule has 1 atom stereocenters. The van der Waals surface area contributed by atoms with Crippen molar-refractivity contribution in [3.63, 3.8) is 0 Å². The van der Waals surface area contributed by atoms with Gasteiger partial charge in [0.15, 0.2) is 0 Å². The van der Waals surface area contributed by atoms with Crippen molar-refractivity contribution in [2.24, 2.45) is 5.92 Å². The topological polar surface area (TPSA) is 25.8 Å². The third kappa shape index (κ3) is 3.65. The van der Waals surface area contributed by atoms with E-state index in [1.807, 2.05) is 36.1 Å². The fourth-order valence-electron chi connectivity index (χ4n) is 3.39. The summed E-state index contributed by atoms with van der Waals surface area (Å²) < 4.78 is 0. The van der Waals surface area contributed by atoms with Crippen LogP contribution >= 0.6 is 23.1 Å². The molecule has 3 aromatic rings. The zero-order valence-electron chi connectivity index (χ0n) is 14.7. The van der Waals surface area contributed by atoms with E-state index < -0.39 is 0 Å². The molecule has 0 radical (unpaired) electrons. The molecule has 1 aromatic carbocycles. The molecule has 0 unspecified atom stereocenters. The van der Waals surface area contributed by atoms with Crippen molar-refractivity contribution in [2.75, 3.05) is 5.75 Å². The Balaban J connectivity index is 1.59. The van der Waals surface area contributed by atoms with Crippen LogP contribution in [0.2, 0.25) is 0 Å². The first-order chi connectivity index (χ1) is 12.2. The first kappa shape index (κ1) is 16.8. The molecule has 0 saturated carbocycles. The van der Waals surface area contributed by atoms with Gasteiger partial charge in [-0.1, -0.05) is 49.4 Å². The second kappa shape index (κ2) is 7.30. The van der Waals surface area contributed by atoms with Crippen molar-refractivity contribution in [1.29, 1.82) is 0 Å². The molecule has 0 aliphatic heterocycles. The molecule has 0 fully saturated rings. The van der Waals surface area contributed by atoms with E-state index in [9.17, 15) is 0 Å². The molecule has 2 aromatic heterocycles. The van der Waals surface area contributed by atoms with Crippen LogP contribution in [0.3, 0.4) is 0 Å². The highest BCUT2D eigenvalue weighted by Crippen LogP contribution is 2.40. The number of benzene rings is 1. The summed E-state index contributed by atoms with van der Waals surface area (Å²) in [7, 11) is 0. The van der Waals surface area contributed by atoms with E-state index in [4.69, 9.17) is 9.97 Å². The molecule has 2 nitrogen and oxygen atoms in total. The average molecular weight is 367 g/mol. The maximum atomic E-state index is 4.77. The van der Waals surface area contributed by atoms with Crippen molar-refractivity contribution in [3.8, 4) is 0 Å². The molecule has 128 valence electrons. The van der Waals surface area contributed by atoms with Gasteiger partial charge in [-0.25, -0.2) is 9.97 Å². The van der Waals surface area contributed by atoms with Gasteiger partial charge in [0.05, 0.1) is 0 Å². The Bertz CT molecular complexity index is 913. The van der Waals surface area contributed by atoms with Crippen LogP contribution in [0, 0.1) is 12.8 Å². The van der Waals surface area contributed by atoms with E-state index in [0.29, 0.717) is 0 Å². The fourth-order valence-corrected chi connectivity index (χ4v) is 5.79. The highest BCUT2D eigenvalue weighted by molar-refractivity contribution is 7.99. The summed E-state index contributed by atoms with van der Waals surface area (Å²) in [5, 5.41) is 2.49. The number of hydrogen-bond acceptors (Lipinski definition) is 4. The Hall–Kier alpha value is -1.65. The molecule has 0 spiro atoms. The van der Waals surface area contributed by atoms with Crippen molar-refractivity contribution in [2.45, 2.75) is 38.1 Å². The monoisotopic (exact) mass is 366 g/mol. The fraction of sp³-hybridized carbons (Fsp3) is 0.333. The number of aryl methyl sites for hydroxylation is 2. The predicted octanol–water partition coefficient (Wildman–Crippen LogP) is 5.93. The summed E-state index contributed by atoms with van der Waals surface area (Å²) in [6.45, 7) is 4.36. The molecular weight excluding hydrogens is 344 g/mol. The van der Waals surface area contributed by atoms with Gasteiger partial charge in [-0.2, -0.15) is 0 Å². The molecule has 2 heterocycles. The first-order valence-electron chi connectivity index (χ1n) is 8.84. The lowest BCUT2D eigenvalue weighted by atomic mass is 9.89. The Kier molecular flexibility index (Phi) is 4.91. The molecule has 0 bridgehead atoms. The Morgan fingerprint density at radius 2 is 2.08 bits per heavy atom. The number of aromatic nitrogens is 2. The highest BCUT2D eigenvalue weighted by atomic mass is 32.2. The number of hydrogen-bond donors (Lipinski definition) is 0. The van der Waals surface area contributed by atoms with Crippen LogP contribution in [-0.2, 0) is 12.8 Å². The first-order valence-corrected chi connectivity index (χ1v) is 10.6. The molecule has 1 aliphatic carbocycles. The van der Waals surface area contributed by atoms with E-state index in [2.05, 4.69) is 43.3 Å². The van der Waals surface area contributed by atoms with E-state index in [0.717, 1.165) is 22.5 Å². The van der Waals surface area contributed by atoms with Crippen molar-refractivity contribution in [1.82, 2.24) is 9.97 Å². The van der Waals surface area contributed by atoms with E-state index >= 15 is 0 Å². The summed E-state index contributed by atoms with van der Waals surface area (Å²) in [6, 6.07) is 10.5. The molecule has 0 N–H and O–H groups in total. The van der Waals surface area contributed by atoms with Crippen molar-refractivity contribution in [3.05, 3.63) is 58.2 Å². The van der Waals surface area contributed by atoms with Crippen LogP contribution in [0.25, 0.3) is 16.3 Å². The van der Waals surface area contributed by atoms with E-state index in [1.165, 1.54) is 45.5 Å². The third-order valence-corrected chi connectivity index (χ3v) is 6.74. The summed E-state index contributed by atoms with van der Waals surface area (Å²) in [5.41, 5.74) is 2.77. The standard InChI is InChI=1S/C21H22N2S2/c1-14-10-11-17-18(13-14)25-21-19(17)20(22-15(2)23-21)24-12-6-9-16-7-4-3-5-8-16/h3-9,14H,10-13H2,1-2H3/b9-6+/t14-/m1/s1. The zero-order valence-corrected chi connectivity index (χ0v) is 16.3. The van der Waals surface area contributed by atoms with E-state index in [1.54, 1.807) is 0 Å². The van der Waals surface area contributed by atoms with E-state index in [-0.39, 0.29) is 0 Å². The summed E-state index contributed by atoms with van der Waals surface area (Å²) in [4.78, 5) is 12.2. The molecule has 1 aliphatic rings. The number of rotatable bonds is 4. The van der Waals surface area contributed by atoms with Gasteiger partial charge in [0.25, 0.3) is 0 Å². The van der Waals surface area contributed by atoms with Gasteiger partial charge in [0.1, 0.15) is 15.7 Å². The van der Waals surface area contributed by atoms with Gasteiger partial charge in [0.2, 0.25) is 0 Å². The Labute approximate surface area is 157 Å². The lowest BCUT2D eigenvalue weighted by Gasteiger charge is -2.18. The van der Waals surface area contributed by atoms with Crippen molar-refractivity contribution < 1.29 is 0 Å². The third-order valence-electron chi connectivity index (χ3n) is 4.66. The SMILES string of the molecule is Cc1nc(SC/C=C/c2ccccc2)c2c3c(sc2n1)C[C@H](C)CC3. The average Bonchev–Trinajstić information content (AvgIpc) is 2.96. The minimum atomic E-state index is 0.791. The summed E-state index contributed by atoms with van der Waals surface area (Å²) in [5.74, 6) is 2.61. The normalized spacial score (nSPS) is 17.3. The maximum absolute atomic E-state index is 4.77.